The fraction of sp³-hybridized carbons (Fsp3) is 0.231. The lowest BCUT2D eigenvalue weighted by atomic mass is 10.2. The highest BCUT2D eigenvalue weighted by Crippen LogP contribution is 2.22. The molecule has 0 bridgehead atoms. The largest absolute Gasteiger partial charge is 0.395 e. The zero-order valence-electron chi connectivity index (χ0n) is 11.1. The van der Waals surface area contributed by atoms with Gasteiger partial charge >= 0.3 is 0 Å². The molecule has 0 aliphatic rings. The highest BCUT2D eigenvalue weighted by Gasteiger charge is 2.20. The van der Waals surface area contributed by atoms with E-state index in [1.807, 2.05) is 6.92 Å². The summed E-state index contributed by atoms with van der Waals surface area (Å²) in [5.74, 6) is -0.999. The zero-order valence-corrected chi connectivity index (χ0v) is 12.7. The number of aromatic nitrogens is 2. The van der Waals surface area contributed by atoms with Gasteiger partial charge in [0.15, 0.2) is 0 Å². The van der Waals surface area contributed by atoms with Crippen molar-refractivity contribution in [1.82, 2.24) is 9.78 Å². The van der Waals surface area contributed by atoms with E-state index in [0.717, 1.165) is 0 Å². The zero-order chi connectivity index (χ0) is 14.9. The van der Waals surface area contributed by atoms with Gasteiger partial charge in [-0.05, 0) is 32.0 Å². The molecule has 2 rings (SSSR count). The maximum absolute atomic E-state index is 13.6. The molecule has 0 fully saturated rings. The van der Waals surface area contributed by atoms with Crippen molar-refractivity contribution < 1.29 is 9.18 Å². The van der Waals surface area contributed by atoms with E-state index in [2.05, 4.69) is 26.3 Å². The molecular weight excluding hydrogens is 327 g/mol. The Morgan fingerprint density at radius 3 is 2.90 bits per heavy atom. The Kier molecular flexibility index (Phi) is 4.08. The molecule has 0 unspecified atom stereocenters. The monoisotopic (exact) mass is 340 g/mol. The summed E-state index contributed by atoms with van der Waals surface area (Å²) >= 11 is 3.23. The number of nitrogens with two attached hydrogens (primary N) is 1. The predicted octanol–water partition coefficient (Wildman–Crippen LogP) is 2.95. The number of nitrogen functional groups attached to an aromatic ring is 1. The summed E-state index contributed by atoms with van der Waals surface area (Å²) in [5.41, 5.74) is 7.06. The number of carbonyl (C=O) groups excluding carboxylic acids is 1. The molecule has 1 aromatic heterocycles. The van der Waals surface area contributed by atoms with Gasteiger partial charge in [0.05, 0.1) is 17.1 Å². The molecule has 0 saturated carbocycles. The van der Waals surface area contributed by atoms with Crippen LogP contribution >= 0.6 is 15.9 Å². The average Bonchev–Trinajstić information content (AvgIpc) is 2.69. The molecule has 0 aliphatic heterocycles. The highest BCUT2D eigenvalue weighted by molar-refractivity contribution is 9.10. The molecule has 0 radical (unpaired) electrons. The van der Waals surface area contributed by atoms with Gasteiger partial charge in [0.25, 0.3) is 5.91 Å². The van der Waals surface area contributed by atoms with Crippen LogP contribution in [-0.4, -0.2) is 15.7 Å². The van der Waals surface area contributed by atoms with Crippen molar-refractivity contribution in [3.8, 4) is 0 Å². The van der Waals surface area contributed by atoms with Gasteiger partial charge in [-0.1, -0.05) is 15.9 Å². The normalized spacial score (nSPS) is 10.6. The van der Waals surface area contributed by atoms with Crippen molar-refractivity contribution in [2.75, 3.05) is 11.1 Å². The van der Waals surface area contributed by atoms with E-state index in [1.54, 1.807) is 13.0 Å². The minimum absolute atomic E-state index is 0.0882. The van der Waals surface area contributed by atoms with Crippen molar-refractivity contribution in [3.63, 3.8) is 0 Å². The van der Waals surface area contributed by atoms with Crippen LogP contribution in [0.25, 0.3) is 0 Å². The van der Waals surface area contributed by atoms with Crippen LogP contribution in [0, 0.1) is 12.7 Å². The topological polar surface area (TPSA) is 72.9 Å². The van der Waals surface area contributed by atoms with Crippen LogP contribution in [0.2, 0.25) is 0 Å². The van der Waals surface area contributed by atoms with Gasteiger partial charge < -0.3 is 11.1 Å². The van der Waals surface area contributed by atoms with Gasteiger partial charge in [-0.2, -0.15) is 5.10 Å². The van der Waals surface area contributed by atoms with Crippen LogP contribution in [0.3, 0.4) is 0 Å². The second-order valence-corrected chi connectivity index (χ2v) is 5.16. The second kappa shape index (κ2) is 5.62. The standard InChI is InChI=1S/C13H14BrFN4O/c1-3-19-12(11(16)7(2)18-19)13(20)17-10-6-8(14)4-5-9(10)15/h4-6H,3,16H2,1-2H3,(H,17,20). The van der Waals surface area contributed by atoms with Gasteiger partial charge in [0, 0.05) is 11.0 Å². The molecule has 3 N–H and O–H groups in total. The Balaban J connectivity index is 2.35. The van der Waals surface area contributed by atoms with Crippen LogP contribution in [-0.2, 0) is 6.54 Å². The van der Waals surface area contributed by atoms with Crippen LogP contribution in [0.5, 0.6) is 0 Å². The molecule has 2 aromatic rings. The quantitative estimate of drug-likeness (QED) is 0.902. The molecular formula is C13H14BrFN4O. The SMILES string of the molecule is CCn1nc(C)c(N)c1C(=O)Nc1cc(Br)ccc1F. The molecule has 7 heteroatoms. The van der Waals surface area contributed by atoms with E-state index in [9.17, 15) is 9.18 Å². The molecule has 1 heterocycles. The van der Waals surface area contributed by atoms with E-state index >= 15 is 0 Å². The molecule has 5 nitrogen and oxygen atoms in total. The van der Waals surface area contributed by atoms with E-state index in [1.165, 1.54) is 16.8 Å². The van der Waals surface area contributed by atoms with Crippen molar-refractivity contribution >= 4 is 33.2 Å². The lowest BCUT2D eigenvalue weighted by molar-refractivity contribution is 0.101. The van der Waals surface area contributed by atoms with Crippen molar-refractivity contribution in [1.29, 1.82) is 0 Å². The first-order valence-corrected chi connectivity index (χ1v) is 6.82. The van der Waals surface area contributed by atoms with Crippen molar-refractivity contribution in [2.24, 2.45) is 0 Å². The maximum Gasteiger partial charge on any atom is 0.276 e. The maximum atomic E-state index is 13.6. The Hall–Kier alpha value is -1.89. The summed E-state index contributed by atoms with van der Waals surface area (Å²) in [6, 6.07) is 4.31. The summed E-state index contributed by atoms with van der Waals surface area (Å²) in [5, 5.41) is 6.67. The van der Waals surface area contributed by atoms with E-state index in [0.29, 0.717) is 22.4 Å². The number of halogens is 2. The average molecular weight is 341 g/mol. The molecule has 0 aliphatic carbocycles. The first-order chi connectivity index (χ1) is 9.43. The number of hydrogen-bond donors (Lipinski definition) is 2. The van der Waals surface area contributed by atoms with Crippen LogP contribution < -0.4 is 11.1 Å². The number of nitrogens with zero attached hydrogens (tertiary/aromatic N) is 2. The van der Waals surface area contributed by atoms with Gasteiger partial charge in [-0.15, -0.1) is 0 Å². The summed E-state index contributed by atoms with van der Waals surface area (Å²) in [4.78, 5) is 12.3. The molecule has 1 amide bonds. The van der Waals surface area contributed by atoms with Crippen molar-refractivity contribution in [3.05, 3.63) is 39.9 Å². The molecule has 0 saturated heterocycles. The van der Waals surface area contributed by atoms with Crippen LogP contribution in [0.15, 0.2) is 22.7 Å². The van der Waals surface area contributed by atoms with Gasteiger partial charge in [-0.25, -0.2) is 4.39 Å². The number of aryl methyl sites for hydroxylation is 2. The Labute approximate surface area is 124 Å². The lowest BCUT2D eigenvalue weighted by Gasteiger charge is -2.09. The number of rotatable bonds is 3. The Morgan fingerprint density at radius 1 is 1.55 bits per heavy atom. The van der Waals surface area contributed by atoms with E-state index in [4.69, 9.17) is 5.73 Å². The number of hydrogen-bond acceptors (Lipinski definition) is 3. The lowest BCUT2D eigenvalue weighted by Crippen LogP contribution is -2.19. The third kappa shape index (κ3) is 2.67. The van der Waals surface area contributed by atoms with Gasteiger partial charge in [-0.3, -0.25) is 9.48 Å². The number of benzene rings is 1. The highest BCUT2D eigenvalue weighted by atomic mass is 79.9. The molecule has 106 valence electrons. The minimum atomic E-state index is -0.514. The fourth-order valence-electron chi connectivity index (χ4n) is 1.84. The summed E-state index contributed by atoms with van der Waals surface area (Å²) in [6.45, 7) is 4.07. The molecule has 20 heavy (non-hydrogen) atoms. The second-order valence-electron chi connectivity index (χ2n) is 4.24. The van der Waals surface area contributed by atoms with Crippen LogP contribution in [0.1, 0.15) is 23.1 Å². The first kappa shape index (κ1) is 14.5. The van der Waals surface area contributed by atoms with Gasteiger partial charge in [0.2, 0.25) is 0 Å². The first-order valence-electron chi connectivity index (χ1n) is 6.03. The summed E-state index contributed by atoms with van der Waals surface area (Å²) in [6.07, 6.45) is 0. The van der Waals surface area contributed by atoms with Crippen LogP contribution in [0.4, 0.5) is 15.8 Å². The van der Waals surface area contributed by atoms with E-state index in [-0.39, 0.29) is 11.4 Å². The third-order valence-electron chi connectivity index (χ3n) is 2.86. The number of amides is 1. The Morgan fingerprint density at radius 2 is 2.25 bits per heavy atom. The molecule has 0 spiro atoms. The number of anilines is 2. The fourth-order valence-corrected chi connectivity index (χ4v) is 2.20. The number of nitrogens with one attached hydrogen (secondary N) is 1. The van der Waals surface area contributed by atoms with Crippen molar-refractivity contribution in [2.45, 2.75) is 20.4 Å². The predicted molar refractivity (Wildman–Crippen MR) is 79.1 cm³/mol. The summed E-state index contributed by atoms with van der Waals surface area (Å²) < 4.78 is 15.8. The summed E-state index contributed by atoms with van der Waals surface area (Å²) in [7, 11) is 0. The third-order valence-corrected chi connectivity index (χ3v) is 3.36. The number of carbonyl (C=O) groups is 1. The molecule has 1 aromatic carbocycles. The minimum Gasteiger partial charge on any atom is -0.395 e. The Bertz CT molecular complexity index is 669. The smallest absolute Gasteiger partial charge is 0.276 e. The molecule has 0 atom stereocenters. The van der Waals surface area contributed by atoms with E-state index < -0.39 is 11.7 Å². The van der Waals surface area contributed by atoms with Gasteiger partial charge in [0.1, 0.15) is 11.5 Å².